The maximum absolute atomic E-state index is 9.57. The van der Waals surface area contributed by atoms with Crippen LogP contribution in [0.4, 0.5) is 0 Å². The Hall–Kier alpha value is 0.360. The van der Waals surface area contributed by atoms with Gasteiger partial charge in [0.15, 0.2) is 0 Å². The summed E-state index contributed by atoms with van der Waals surface area (Å²) in [5.41, 5.74) is 0. The summed E-state index contributed by atoms with van der Waals surface area (Å²) in [6, 6.07) is 0. The topological polar surface area (TPSA) is 20.3 Å². The van der Waals surface area contributed by atoms with Crippen LogP contribution in [-0.2, 0) is 4.79 Å². The molecular formula is C4H10INO. The van der Waals surface area contributed by atoms with Crippen LogP contribution in [0.25, 0.3) is 0 Å². The lowest BCUT2D eigenvalue weighted by Gasteiger charge is -1.99. The quantitative estimate of drug-likeness (QED) is 0.489. The van der Waals surface area contributed by atoms with Gasteiger partial charge in [0, 0.05) is 0 Å². The van der Waals surface area contributed by atoms with E-state index >= 15 is 0 Å². The molecule has 0 spiro atoms. The number of halogens is 1. The van der Waals surface area contributed by atoms with Crippen LogP contribution in [0.2, 0.25) is 0 Å². The molecule has 0 unspecified atom stereocenters. The van der Waals surface area contributed by atoms with E-state index in [-0.39, 0.29) is 24.0 Å². The lowest BCUT2D eigenvalue weighted by Crippen LogP contribution is -2.13. The van der Waals surface area contributed by atoms with Crippen LogP contribution < -0.4 is 0 Å². The van der Waals surface area contributed by atoms with Gasteiger partial charge in [-0.25, -0.2) is 0 Å². The zero-order valence-corrected chi connectivity index (χ0v) is 6.88. The lowest BCUT2D eigenvalue weighted by atomic mass is 10.7. The number of carbonyl (C=O) groups excluding carboxylic acids is 1. The zero-order valence-electron chi connectivity index (χ0n) is 4.55. The van der Waals surface area contributed by atoms with E-state index < -0.39 is 0 Å². The first-order valence-electron chi connectivity index (χ1n) is 1.85. The van der Waals surface area contributed by atoms with Gasteiger partial charge in [0.1, 0.15) is 6.29 Å². The summed E-state index contributed by atoms with van der Waals surface area (Å²) in [5.74, 6) is 0. The largest absolute Gasteiger partial charge is 0.303 e. The van der Waals surface area contributed by atoms with E-state index in [1.54, 1.807) is 0 Å². The molecule has 0 fully saturated rings. The molecule has 0 saturated carbocycles. The van der Waals surface area contributed by atoms with Crippen molar-refractivity contribution in [2.45, 2.75) is 0 Å². The Morgan fingerprint density at radius 3 is 2.00 bits per heavy atom. The van der Waals surface area contributed by atoms with Gasteiger partial charge in [-0.3, -0.25) is 0 Å². The molecule has 2 nitrogen and oxygen atoms in total. The third-order valence-electron chi connectivity index (χ3n) is 0.440. The van der Waals surface area contributed by atoms with Gasteiger partial charge in [0.25, 0.3) is 0 Å². The van der Waals surface area contributed by atoms with Crippen molar-refractivity contribution in [2.24, 2.45) is 0 Å². The van der Waals surface area contributed by atoms with Crippen LogP contribution in [-0.4, -0.2) is 31.8 Å². The van der Waals surface area contributed by atoms with E-state index in [1.165, 1.54) is 0 Å². The fourth-order valence-corrected chi connectivity index (χ4v) is 0.149. The third-order valence-corrected chi connectivity index (χ3v) is 0.440. The van der Waals surface area contributed by atoms with Crippen molar-refractivity contribution in [1.82, 2.24) is 4.90 Å². The van der Waals surface area contributed by atoms with Crippen molar-refractivity contribution in [3.63, 3.8) is 0 Å². The summed E-state index contributed by atoms with van der Waals surface area (Å²) in [4.78, 5) is 11.4. The van der Waals surface area contributed by atoms with E-state index in [0.29, 0.717) is 6.54 Å². The van der Waals surface area contributed by atoms with Gasteiger partial charge >= 0.3 is 0 Å². The molecular weight excluding hydrogens is 205 g/mol. The third kappa shape index (κ3) is 10.7. The lowest BCUT2D eigenvalue weighted by molar-refractivity contribution is -0.108. The Morgan fingerprint density at radius 1 is 1.57 bits per heavy atom. The highest BCUT2D eigenvalue weighted by Gasteiger charge is 1.79. The van der Waals surface area contributed by atoms with Gasteiger partial charge in [-0.2, -0.15) is 0 Å². The predicted molar refractivity (Wildman–Crippen MR) is 40.0 cm³/mol. The van der Waals surface area contributed by atoms with Gasteiger partial charge in [0.2, 0.25) is 0 Å². The van der Waals surface area contributed by atoms with E-state index in [1.807, 2.05) is 19.0 Å². The van der Waals surface area contributed by atoms with Crippen LogP contribution in [0.5, 0.6) is 0 Å². The molecule has 0 aromatic carbocycles. The molecule has 3 heteroatoms. The molecule has 0 radical (unpaired) electrons. The molecule has 0 aromatic rings. The fourth-order valence-electron chi connectivity index (χ4n) is 0.149. The molecule has 0 amide bonds. The van der Waals surface area contributed by atoms with Gasteiger partial charge in [-0.15, -0.1) is 24.0 Å². The van der Waals surface area contributed by atoms with Crippen molar-refractivity contribution in [1.29, 1.82) is 0 Å². The summed E-state index contributed by atoms with van der Waals surface area (Å²) in [5, 5.41) is 0. The average molecular weight is 215 g/mol. The van der Waals surface area contributed by atoms with Crippen LogP contribution in [0.3, 0.4) is 0 Å². The Morgan fingerprint density at radius 2 is 2.00 bits per heavy atom. The smallest absolute Gasteiger partial charge is 0.133 e. The number of likely N-dealkylation sites (N-methyl/N-ethyl adjacent to an activating group) is 1. The maximum atomic E-state index is 9.57. The molecule has 0 bridgehead atoms. The highest BCUT2D eigenvalue weighted by atomic mass is 127. The molecule has 0 atom stereocenters. The monoisotopic (exact) mass is 215 g/mol. The second kappa shape index (κ2) is 6.36. The molecule has 0 aliphatic carbocycles. The van der Waals surface area contributed by atoms with E-state index in [0.717, 1.165) is 6.29 Å². The Kier molecular flexibility index (Phi) is 9.42. The average Bonchev–Trinajstić information content (AvgIpc) is 1.35. The Bertz CT molecular complexity index is 47.0. The van der Waals surface area contributed by atoms with Gasteiger partial charge in [-0.05, 0) is 14.1 Å². The predicted octanol–water partition coefficient (Wildman–Crippen LogP) is 0.365. The number of hydrogen-bond acceptors (Lipinski definition) is 2. The minimum absolute atomic E-state index is 0. The molecule has 0 aliphatic heterocycles. The standard InChI is InChI=1S/C4H9NO.HI/c1-5(2)3-4-6;/h4H,3H2,1-2H3;1H. The van der Waals surface area contributed by atoms with Crippen molar-refractivity contribution in [3.05, 3.63) is 0 Å². The highest BCUT2D eigenvalue weighted by Crippen LogP contribution is 1.62. The first-order valence-corrected chi connectivity index (χ1v) is 1.85. The van der Waals surface area contributed by atoms with Crippen molar-refractivity contribution < 1.29 is 4.79 Å². The maximum Gasteiger partial charge on any atom is 0.133 e. The number of aldehydes is 1. The van der Waals surface area contributed by atoms with E-state index in [9.17, 15) is 4.79 Å². The Balaban J connectivity index is 0. The first-order chi connectivity index (χ1) is 2.77. The molecule has 0 N–H and O–H groups in total. The second-order valence-corrected chi connectivity index (χ2v) is 1.43. The van der Waals surface area contributed by atoms with Gasteiger partial charge < -0.3 is 9.69 Å². The summed E-state index contributed by atoms with van der Waals surface area (Å²) in [6.07, 6.45) is 0.875. The Labute approximate surface area is 60.9 Å². The molecule has 44 valence electrons. The molecule has 0 aromatic heterocycles. The number of nitrogens with zero attached hydrogens (tertiary/aromatic N) is 1. The minimum Gasteiger partial charge on any atom is -0.303 e. The molecule has 0 aliphatic rings. The van der Waals surface area contributed by atoms with Crippen LogP contribution in [0.1, 0.15) is 0 Å². The van der Waals surface area contributed by atoms with Crippen LogP contribution in [0, 0.1) is 0 Å². The van der Waals surface area contributed by atoms with Gasteiger partial charge in [-0.1, -0.05) is 0 Å². The minimum atomic E-state index is 0. The number of hydrogen-bond donors (Lipinski definition) is 0. The van der Waals surface area contributed by atoms with Crippen molar-refractivity contribution >= 4 is 30.3 Å². The molecule has 0 heterocycles. The van der Waals surface area contributed by atoms with E-state index in [4.69, 9.17) is 0 Å². The summed E-state index contributed by atoms with van der Waals surface area (Å²) in [6.45, 7) is 0.528. The summed E-state index contributed by atoms with van der Waals surface area (Å²) < 4.78 is 0. The first kappa shape index (κ1) is 10.4. The normalized spacial score (nSPS) is 7.86. The van der Waals surface area contributed by atoms with Crippen LogP contribution in [0.15, 0.2) is 0 Å². The summed E-state index contributed by atoms with van der Waals surface area (Å²) >= 11 is 0. The molecule has 0 saturated heterocycles. The molecule has 7 heavy (non-hydrogen) atoms. The van der Waals surface area contributed by atoms with E-state index in [2.05, 4.69) is 0 Å². The molecule has 0 rings (SSSR count). The van der Waals surface area contributed by atoms with Gasteiger partial charge in [0.05, 0.1) is 6.54 Å². The number of carbonyl (C=O) groups is 1. The van der Waals surface area contributed by atoms with Crippen LogP contribution >= 0.6 is 24.0 Å². The highest BCUT2D eigenvalue weighted by molar-refractivity contribution is 14.0. The zero-order chi connectivity index (χ0) is 4.99. The van der Waals surface area contributed by atoms with Crippen molar-refractivity contribution in [3.8, 4) is 0 Å². The fraction of sp³-hybridized carbons (Fsp3) is 0.750. The summed E-state index contributed by atoms with van der Waals surface area (Å²) in [7, 11) is 3.71. The second-order valence-electron chi connectivity index (χ2n) is 1.43. The van der Waals surface area contributed by atoms with Crippen molar-refractivity contribution in [2.75, 3.05) is 20.6 Å². The number of rotatable bonds is 2. The SMILES string of the molecule is CN(C)CC=O.I.